The van der Waals surface area contributed by atoms with Crippen LogP contribution in [0.1, 0.15) is 42.2 Å². The Hall–Kier alpha value is -3.28. The number of benzene rings is 2. The van der Waals surface area contributed by atoms with Gasteiger partial charge in [-0.15, -0.1) is 0 Å². The van der Waals surface area contributed by atoms with Gasteiger partial charge in [0.15, 0.2) is 5.96 Å². The number of amides is 1. The Morgan fingerprint density at radius 2 is 1.87 bits per heavy atom. The van der Waals surface area contributed by atoms with Gasteiger partial charge in [0.25, 0.3) is 0 Å². The van der Waals surface area contributed by atoms with Crippen LogP contribution in [0.4, 0.5) is 0 Å². The smallest absolute Gasteiger partial charge is 0.222 e. The van der Waals surface area contributed by atoms with Crippen LogP contribution in [0.15, 0.2) is 57.9 Å². The normalized spacial score (nSPS) is 14.5. The summed E-state index contributed by atoms with van der Waals surface area (Å²) in [6.07, 6.45) is 1.62. The molecule has 0 saturated carbocycles. The van der Waals surface area contributed by atoms with Crippen LogP contribution < -0.4 is 10.6 Å². The Bertz CT molecular complexity index is 1090. The highest BCUT2D eigenvalue weighted by atomic mass is 16.3. The van der Waals surface area contributed by atoms with Crippen LogP contribution in [0.25, 0.3) is 11.0 Å². The largest absolute Gasteiger partial charge is 0.459 e. The van der Waals surface area contributed by atoms with Crippen LogP contribution in [0.3, 0.4) is 0 Å². The zero-order valence-electron chi connectivity index (χ0n) is 18.3. The summed E-state index contributed by atoms with van der Waals surface area (Å²) in [4.78, 5) is 18.7. The van der Waals surface area contributed by atoms with Gasteiger partial charge >= 0.3 is 0 Å². The van der Waals surface area contributed by atoms with E-state index < -0.39 is 0 Å². The zero-order valence-corrected chi connectivity index (χ0v) is 18.3. The maximum atomic E-state index is 12.0. The summed E-state index contributed by atoms with van der Waals surface area (Å²) in [5.41, 5.74) is 4.36. The predicted octanol–water partition coefficient (Wildman–Crippen LogP) is 4.12. The molecule has 2 aromatic carbocycles. The van der Waals surface area contributed by atoms with E-state index in [0.717, 1.165) is 58.9 Å². The highest BCUT2D eigenvalue weighted by Gasteiger charge is 2.20. The van der Waals surface area contributed by atoms with Crippen LogP contribution in [0.2, 0.25) is 0 Å². The number of rotatable bonds is 7. The summed E-state index contributed by atoms with van der Waals surface area (Å²) in [5.74, 6) is 1.91. The first kappa shape index (κ1) is 21.0. The zero-order chi connectivity index (χ0) is 21.6. The fraction of sp³-hybridized carbons (Fsp3) is 0.360. The molecule has 0 unspecified atom stereocenters. The molecule has 6 nitrogen and oxygen atoms in total. The molecule has 1 saturated heterocycles. The van der Waals surface area contributed by atoms with Crippen molar-refractivity contribution in [2.45, 2.75) is 46.3 Å². The maximum Gasteiger partial charge on any atom is 0.222 e. The predicted molar refractivity (Wildman–Crippen MR) is 124 cm³/mol. The van der Waals surface area contributed by atoms with E-state index in [1.807, 2.05) is 35.2 Å². The van der Waals surface area contributed by atoms with Crippen molar-refractivity contribution in [1.82, 2.24) is 15.5 Å². The molecular formula is C25H30N4O2. The van der Waals surface area contributed by atoms with Gasteiger partial charge in [-0.1, -0.05) is 42.5 Å². The average molecular weight is 419 g/mol. The number of nitrogens with one attached hydrogen (secondary N) is 2. The highest BCUT2D eigenvalue weighted by Crippen LogP contribution is 2.24. The Labute approximate surface area is 183 Å². The molecule has 1 aliphatic heterocycles. The van der Waals surface area contributed by atoms with Crippen molar-refractivity contribution >= 4 is 22.8 Å². The standard InChI is InChI=1S/C25H30N4O2/c1-3-26-25(28-16-23-18(2)21-11-6-7-12-22(21)31-23)27-15-19-9-4-5-10-20(19)17-29-14-8-13-24(29)30/h4-7,9-12H,3,8,13-17H2,1-2H3,(H2,26,27,28). The first-order valence-electron chi connectivity index (χ1n) is 11.0. The third-order valence-corrected chi connectivity index (χ3v) is 5.76. The second kappa shape index (κ2) is 9.69. The van der Waals surface area contributed by atoms with Crippen molar-refractivity contribution in [3.8, 4) is 0 Å². The molecule has 1 fully saturated rings. The molecule has 1 aliphatic rings. The molecule has 31 heavy (non-hydrogen) atoms. The molecule has 1 aromatic heterocycles. The van der Waals surface area contributed by atoms with E-state index in [9.17, 15) is 4.79 Å². The van der Waals surface area contributed by atoms with Crippen LogP contribution in [-0.2, 0) is 24.4 Å². The first-order valence-corrected chi connectivity index (χ1v) is 11.0. The molecule has 6 heteroatoms. The van der Waals surface area contributed by atoms with Crippen molar-refractivity contribution in [3.05, 3.63) is 71.0 Å². The topological polar surface area (TPSA) is 69.9 Å². The van der Waals surface area contributed by atoms with Gasteiger partial charge in [-0.2, -0.15) is 0 Å². The number of aryl methyl sites for hydroxylation is 1. The van der Waals surface area contributed by atoms with Gasteiger partial charge < -0.3 is 20.0 Å². The fourth-order valence-corrected chi connectivity index (χ4v) is 4.01. The van der Waals surface area contributed by atoms with Gasteiger partial charge in [-0.25, -0.2) is 4.99 Å². The van der Waals surface area contributed by atoms with Crippen LogP contribution in [0.5, 0.6) is 0 Å². The van der Waals surface area contributed by atoms with Gasteiger partial charge in [0.05, 0.1) is 13.1 Å². The maximum absolute atomic E-state index is 12.0. The number of fused-ring (bicyclic) bond motifs is 1. The molecule has 0 atom stereocenters. The Morgan fingerprint density at radius 1 is 1.10 bits per heavy atom. The summed E-state index contributed by atoms with van der Waals surface area (Å²) in [6.45, 7) is 7.53. The lowest BCUT2D eigenvalue weighted by Crippen LogP contribution is -2.36. The molecule has 0 spiro atoms. The molecule has 2 heterocycles. The number of furan rings is 1. The van der Waals surface area contributed by atoms with Crippen molar-refractivity contribution in [2.24, 2.45) is 4.99 Å². The number of para-hydroxylation sites is 1. The summed E-state index contributed by atoms with van der Waals surface area (Å²) in [6, 6.07) is 16.3. The summed E-state index contributed by atoms with van der Waals surface area (Å²) >= 11 is 0. The molecule has 0 bridgehead atoms. The van der Waals surface area contributed by atoms with E-state index >= 15 is 0 Å². The fourth-order valence-electron chi connectivity index (χ4n) is 4.01. The number of guanidine groups is 1. The number of carbonyl (C=O) groups excluding carboxylic acids is 1. The summed E-state index contributed by atoms with van der Waals surface area (Å²) < 4.78 is 6.01. The van der Waals surface area contributed by atoms with Gasteiger partial charge in [0.2, 0.25) is 5.91 Å². The molecule has 4 rings (SSSR count). The van der Waals surface area contributed by atoms with Crippen LogP contribution in [-0.4, -0.2) is 29.9 Å². The summed E-state index contributed by atoms with van der Waals surface area (Å²) in [5, 5.41) is 7.84. The van der Waals surface area contributed by atoms with E-state index in [1.54, 1.807) is 0 Å². The second-order valence-corrected chi connectivity index (χ2v) is 7.88. The number of aliphatic imine (C=N–C) groups is 1. The van der Waals surface area contributed by atoms with Gasteiger partial charge in [-0.05, 0) is 37.5 Å². The van der Waals surface area contributed by atoms with Crippen molar-refractivity contribution in [1.29, 1.82) is 0 Å². The molecule has 2 N–H and O–H groups in total. The van der Waals surface area contributed by atoms with Gasteiger partial charge in [0.1, 0.15) is 11.3 Å². The molecule has 0 aliphatic carbocycles. The van der Waals surface area contributed by atoms with Gasteiger partial charge in [0, 0.05) is 37.0 Å². The number of nitrogens with zero attached hydrogens (tertiary/aromatic N) is 2. The molecule has 3 aromatic rings. The second-order valence-electron chi connectivity index (χ2n) is 7.88. The minimum absolute atomic E-state index is 0.245. The Balaban J connectivity index is 1.45. The monoisotopic (exact) mass is 418 g/mol. The van der Waals surface area contributed by atoms with Gasteiger partial charge in [-0.3, -0.25) is 4.79 Å². The Morgan fingerprint density at radius 3 is 2.61 bits per heavy atom. The lowest BCUT2D eigenvalue weighted by atomic mass is 10.1. The number of carbonyl (C=O) groups is 1. The first-order chi connectivity index (χ1) is 15.2. The number of hydrogen-bond acceptors (Lipinski definition) is 3. The number of hydrogen-bond donors (Lipinski definition) is 2. The van der Waals surface area contributed by atoms with E-state index in [0.29, 0.717) is 26.1 Å². The lowest BCUT2D eigenvalue weighted by Gasteiger charge is -2.18. The Kier molecular flexibility index (Phi) is 6.55. The van der Waals surface area contributed by atoms with E-state index in [2.05, 4.69) is 42.7 Å². The molecule has 0 radical (unpaired) electrons. The van der Waals surface area contributed by atoms with E-state index in [1.165, 1.54) is 0 Å². The minimum Gasteiger partial charge on any atom is -0.459 e. The minimum atomic E-state index is 0.245. The molecule has 162 valence electrons. The van der Waals surface area contributed by atoms with Crippen LogP contribution in [0, 0.1) is 6.92 Å². The SMILES string of the molecule is CCNC(=NCc1ccccc1CN1CCCC1=O)NCc1oc2ccccc2c1C. The third-order valence-electron chi connectivity index (χ3n) is 5.76. The third kappa shape index (κ3) is 4.90. The highest BCUT2D eigenvalue weighted by molar-refractivity contribution is 5.83. The van der Waals surface area contributed by atoms with Crippen molar-refractivity contribution in [3.63, 3.8) is 0 Å². The lowest BCUT2D eigenvalue weighted by molar-refractivity contribution is -0.128. The molecule has 1 amide bonds. The van der Waals surface area contributed by atoms with E-state index in [-0.39, 0.29) is 5.91 Å². The molecular weight excluding hydrogens is 388 g/mol. The van der Waals surface area contributed by atoms with Crippen molar-refractivity contribution in [2.75, 3.05) is 13.1 Å². The van der Waals surface area contributed by atoms with E-state index in [4.69, 9.17) is 9.41 Å². The number of likely N-dealkylation sites (tertiary alicyclic amines) is 1. The quantitative estimate of drug-likeness (QED) is 0.447. The van der Waals surface area contributed by atoms with Crippen LogP contribution >= 0.6 is 0 Å². The summed E-state index contributed by atoms with van der Waals surface area (Å²) in [7, 11) is 0. The van der Waals surface area contributed by atoms with Crippen molar-refractivity contribution < 1.29 is 9.21 Å². The average Bonchev–Trinajstić information content (AvgIpc) is 3.34.